The quantitative estimate of drug-likeness (QED) is 0.598. The second-order valence-corrected chi connectivity index (χ2v) is 6.39. The molecule has 0 aliphatic carbocycles. The number of nitrogen functional groups attached to an aromatic ring is 1. The van der Waals surface area contributed by atoms with Crippen molar-refractivity contribution >= 4 is 23.4 Å². The maximum atomic E-state index is 9.59. The first-order chi connectivity index (χ1) is 13.7. The number of benzene rings is 1. The average Bonchev–Trinajstić information content (AvgIpc) is 3.34. The van der Waals surface area contributed by atoms with Crippen LogP contribution >= 0.6 is 0 Å². The molecule has 3 heterocycles. The van der Waals surface area contributed by atoms with E-state index < -0.39 is 0 Å². The van der Waals surface area contributed by atoms with Gasteiger partial charge in [-0.15, -0.1) is 5.10 Å². The number of rotatable bonds is 5. The van der Waals surface area contributed by atoms with Crippen LogP contribution in [0.2, 0.25) is 0 Å². The van der Waals surface area contributed by atoms with Crippen molar-refractivity contribution in [1.82, 2.24) is 24.7 Å². The predicted molar refractivity (Wildman–Crippen MR) is 103 cm³/mol. The Bertz CT molecular complexity index is 1010. The molecule has 3 aromatic rings. The van der Waals surface area contributed by atoms with Crippen molar-refractivity contribution < 1.29 is 5.11 Å². The van der Waals surface area contributed by atoms with Crippen molar-refractivity contribution in [2.75, 3.05) is 29.1 Å². The van der Waals surface area contributed by atoms with E-state index in [2.05, 4.69) is 25.4 Å². The first kappa shape index (κ1) is 17.7. The van der Waals surface area contributed by atoms with Crippen LogP contribution in [0.5, 0.6) is 0 Å². The summed E-state index contributed by atoms with van der Waals surface area (Å²) < 4.78 is 1.36. The number of nitrogens with two attached hydrogens (primary N) is 1. The molecule has 1 atom stereocenters. The van der Waals surface area contributed by atoms with Crippen LogP contribution in [-0.4, -0.2) is 49.0 Å². The molecule has 1 aliphatic heterocycles. The van der Waals surface area contributed by atoms with Crippen LogP contribution in [-0.2, 0) is 0 Å². The van der Waals surface area contributed by atoms with Gasteiger partial charge in [-0.1, -0.05) is 18.2 Å². The van der Waals surface area contributed by atoms with Crippen LogP contribution in [0, 0.1) is 11.3 Å². The third-order valence-corrected chi connectivity index (χ3v) is 4.56. The maximum absolute atomic E-state index is 9.59. The Kier molecular flexibility index (Phi) is 4.74. The fourth-order valence-electron chi connectivity index (χ4n) is 3.25. The van der Waals surface area contributed by atoms with Gasteiger partial charge in [-0.05, 0) is 25.0 Å². The van der Waals surface area contributed by atoms with Gasteiger partial charge in [0.25, 0.3) is 0 Å². The molecule has 10 heteroatoms. The monoisotopic (exact) mass is 377 g/mol. The fourth-order valence-corrected chi connectivity index (χ4v) is 3.25. The lowest BCUT2D eigenvalue weighted by molar-refractivity contribution is 0.266. The third-order valence-electron chi connectivity index (χ3n) is 4.56. The second kappa shape index (κ2) is 7.50. The van der Waals surface area contributed by atoms with Crippen LogP contribution in [0.25, 0.3) is 5.82 Å². The zero-order valence-electron chi connectivity index (χ0n) is 15.0. The lowest BCUT2D eigenvalue weighted by Crippen LogP contribution is -2.33. The van der Waals surface area contributed by atoms with Crippen molar-refractivity contribution in [2.45, 2.75) is 18.9 Å². The standard InChI is InChI=1S/C18H19N9O/c19-10-14-22-15(26-8-4-7-13(26)11-28)9-16(23-14)27-17(20)24-18(25-27)21-12-5-2-1-3-6-12/h1-3,5-6,9,13,28H,4,7-8,11H2,(H3,20,21,24,25). The van der Waals surface area contributed by atoms with E-state index in [1.165, 1.54) is 4.68 Å². The fraction of sp³-hybridized carbons (Fsp3) is 0.278. The minimum atomic E-state index is -0.0299. The smallest absolute Gasteiger partial charge is 0.248 e. The lowest BCUT2D eigenvalue weighted by Gasteiger charge is -2.24. The highest BCUT2D eigenvalue weighted by Crippen LogP contribution is 2.26. The van der Waals surface area contributed by atoms with Gasteiger partial charge in [0.15, 0.2) is 5.82 Å². The third kappa shape index (κ3) is 3.43. The molecule has 4 rings (SSSR count). The van der Waals surface area contributed by atoms with E-state index in [4.69, 9.17) is 5.73 Å². The summed E-state index contributed by atoms with van der Waals surface area (Å²) in [5.74, 6) is 1.36. The molecule has 1 fully saturated rings. The number of nitrogens with zero attached hydrogens (tertiary/aromatic N) is 7. The van der Waals surface area contributed by atoms with Gasteiger partial charge in [-0.3, -0.25) is 0 Å². The molecule has 4 N–H and O–H groups in total. The predicted octanol–water partition coefficient (Wildman–Crippen LogP) is 1.22. The van der Waals surface area contributed by atoms with Crippen LogP contribution in [0.4, 0.5) is 23.4 Å². The van der Waals surface area contributed by atoms with Crippen molar-refractivity contribution in [1.29, 1.82) is 5.26 Å². The van der Waals surface area contributed by atoms with Crippen molar-refractivity contribution in [3.63, 3.8) is 0 Å². The molecule has 0 saturated carbocycles. The lowest BCUT2D eigenvalue weighted by atomic mass is 10.2. The molecular formula is C18H19N9O. The van der Waals surface area contributed by atoms with Gasteiger partial charge in [0.2, 0.25) is 17.7 Å². The number of nitriles is 1. The summed E-state index contributed by atoms with van der Waals surface area (Å²) in [6.45, 7) is 0.776. The van der Waals surface area contributed by atoms with E-state index in [0.717, 1.165) is 25.1 Å². The van der Waals surface area contributed by atoms with E-state index in [1.54, 1.807) is 6.07 Å². The zero-order valence-corrected chi connectivity index (χ0v) is 15.0. The number of hydrogen-bond acceptors (Lipinski definition) is 9. The van der Waals surface area contributed by atoms with Crippen LogP contribution < -0.4 is 16.0 Å². The van der Waals surface area contributed by atoms with E-state index in [9.17, 15) is 10.4 Å². The molecule has 2 aromatic heterocycles. The highest BCUT2D eigenvalue weighted by atomic mass is 16.3. The number of aliphatic hydroxyl groups is 1. The molecule has 1 aliphatic rings. The van der Waals surface area contributed by atoms with Gasteiger partial charge in [0.05, 0.1) is 12.6 Å². The minimum Gasteiger partial charge on any atom is -0.394 e. The molecule has 0 bridgehead atoms. The van der Waals surface area contributed by atoms with E-state index in [0.29, 0.717) is 17.6 Å². The minimum absolute atomic E-state index is 0.00329. The summed E-state index contributed by atoms with van der Waals surface area (Å²) in [5, 5.41) is 26.4. The van der Waals surface area contributed by atoms with E-state index in [-0.39, 0.29) is 24.4 Å². The normalized spacial score (nSPS) is 16.1. The molecule has 0 amide bonds. The van der Waals surface area contributed by atoms with Gasteiger partial charge in [-0.25, -0.2) is 4.98 Å². The Morgan fingerprint density at radius 1 is 1.21 bits per heavy atom. The Morgan fingerprint density at radius 2 is 2.00 bits per heavy atom. The zero-order chi connectivity index (χ0) is 19.5. The SMILES string of the molecule is N#Cc1nc(N2CCCC2CO)cc(-n2nc(Nc3ccccc3)nc2N)n1. The van der Waals surface area contributed by atoms with Crippen LogP contribution in [0.1, 0.15) is 18.7 Å². The molecule has 0 radical (unpaired) electrons. The summed E-state index contributed by atoms with van der Waals surface area (Å²) in [5.41, 5.74) is 6.85. The molecule has 1 aromatic carbocycles. The molecule has 0 spiro atoms. The summed E-state index contributed by atoms with van der Waals surface area (Å²) in [6, 6.07) is 13.1. The Hall–Kier alpha value is -3.71. The topological polar surface area (TPSA) is 142 Å². The molecule has 1 saturated heterocycles. The van der Waals surface area contributed by atoms with Crippen molar-refractivity contribution in [3.8, 4) is 11.9 Å². The molecule has 28 heavy (non-hydrogen) atoms. The second-order valence-electron chi connectivity index (χ2n) is 6.39. The number of aromatic nitrogens is 5. The Labute approximate surface area is 161 Å². The van der Waals surface area contributed by atoms with Gasteiger partial charge < -0.3 is 21.1 Å². The van der Waals surface area contributed by atoms with Gasteiger partial charge >= 0.3 is 0 Å². The summed E-state index contributed by atoms with van der Waals surface area (Å²) in [7, 11) is 0. The molecule has 142 valence electrons. The summed E-state index contributed by atoms with van der Waals surface area (Å²) in [6.07, 6.45) is 1.82. The van der Waals surface area contributed by atoms with Crippen LogP contribution in [0.15, 0.2) is 36.4 Å². The number of nitrogens with one attached hydrogen (secondary N) is 1. The largest absolute Gasteiger partial charge is 0.394 e. The highest BCUT2D eigenvalue weighted by molar-refractivity contribution is 5.55. The van der Waals surface area contributed by atoms with E-state index in [1.807, 2.05) is 41.3 Å². The Balaban J connectivity index is 1.69. The van der Waals surface area contributed by atoms with Crippen LogP contribution in [0.3, 0.4) is 0 Å². The maximum Gasteiger partial charge on any atom is 0.248 e. The van der Waals surface area contributed by atoms with E-state index >= 15 is 0 Å². The summed E-state index contributed by atoms with van der Waals surface area (Å²) >= 11 is 0. The summed E-state index contributed by atoms with van der Waals surface area (Å²) in [4.78, 5) is 14.7. The highest BCUT2D eigenvalue weighted by Gasteiger charge is 2.26. The number of para-hydroxylation sites is 1. The first-order valence-corrected chi connectivity index (χ1v) is 8.89. The molecule has 10 nitrogen and oxygen atoms in total. The first-order valence-electron chi connectivity index (χ1n) is 8.89. The molecule has 1 unspecified atom stereocenters. The number of aliphatic hydroxyl groups excluding tert-OH is 1. The molecular weight excluding hydrogens is 358 g/mol. The average molecular weight is 377 g/mol. The number of hydrogen-bond donors (Lipinski definition) is 3. The van der Waals surface area contributed by atoms with Gasteiger partial charge in [-0.2, -0.15) is 19.9 Å². The van der Waals surface area contributed by atoms with Gasteiger partial charge in [0, 0.05) is 18.3 Å². The van der Waals surface area contributed by atoms with Gasteiger partial charge in [0.1, 0.15) is 11.9 Å². The van der Waals surface area contributed by atoms with Crippen molar-refractivity contribution in [3.05, 3.63) is 42.2 Å². The Morgan fingerprint density at radius 3 is 2.75 bits per heavy atom. The van der Waals surface area contributed by atoms with Crippen molar-refractivity contribution in [2.24, 2.45) is 0 Å². The number of anilines is 4.